The number of aromatic nitrogens is 4. The second-order valence-electron chi connectivity index (χ2n) is 6.77. The Morgan fingerprint density at radius 1 is 1.12 bits per heavy atom. The molecular formula is C19H23N5S. The van der Waals surface area contributed by atoms with E-state index >= 15 is 0 Å². The summed E-state index contributed by atoms with van der Waals surface area (Å²) < 4.78 is 0. The van der Waals surface area contributed by atoms with Gasteiger partial charge in [-0.15, -0.1) is 11.3 Å². The number of rotatable bonds is 4. The molecule has 0 fully saturated rings. The summed E-state index contributed by atoms with van der Waals surface area (Å²) in [6.07, 6.45) is 1.93. The van der Waals surface area contributed by atoms with Crippen LogP contribution in [0.3, 0.4) is 0 Å². The van der Waals surface area contributed by atoms with Crippen molar-refractivity contribution in [1.82, 2.24) is 25.1 Å². The lowest BCUT2D eigenvalue weighted by molar-refractivity contribution is 0.240. The molecule has 4 rings (SSSR count). The number of H-pyrrole nitrogens is 1. The highest BCUT2D eigenvalue weighted by Crippen LogP contribution is 2.25. The van der Waals surface area contributed by atoms with E-state index in [1.54, 1.807) is 11.3 Å². The third-order valence-corrected chi connectivity index (χ3v) is 5.85. The monoisotopic (exact) mass is 353 g/mol. The molecule has 1 aliphatic heterocycles. The summed E-state index contributed by atoms with van der Waals surface area (Å²) in [6, 6.07) is 4.28. The fourth-order valence-electron chi connectivity index (χ4n) is 3.39. The van der Waals surface area contributed by atoms with E-state index in [0.717, 1.165) is 55.3 Å². The first kappa shape index (κ1) is 16.4. The normalized spacial score (nSPS) is 14.7. The molecule has 0 amide bonds. The lowest BCUT2D eigenvalue weighted by atomic mass is 10.0. The molecule has 130 valence electrons. The zero-order chi connectivity index (χ0) is 17.4. The Balaban J connectivity index is 1.53. The van der Waals surface area contributed by atoms with Crippen LogP contribution in [0.25, 0.3) is 0 Å². The fourth-order valence-corrected chi connectivity index (χ4v) is 4.10. The van der Waals surface area contributed by atoms with Crippen LogP contribution >= 0.6 is 11.3 Å². The third kappa shape index (κ3) is 3.37. The molecular weight excluding hydrogens is 330 g/mol. The molecule has 0 radical (unpaired) electrons. The van der Waals surface area contributed by atoms with Crippen molar-refractivity contribution in [2.45, 2.75) is 46.7 Å². The first-order valence-electron chi connectivity index (χ1n) is 8.70. The van der Waals surface area contributed by atoms with Gasteiger partial charge in [0, 0.05) is 48.6 Å². The van der Waals surface area contributed by atoms with E-state index in [0.29, 0.717) is 0 Å². The van der Waals surface area contributed by atoms with Gasteiger partial charge in [0.2, 0.25) is 0 Å². The van der Waals surface area contributed by atoms with Crippen molar-refractivity contribution in [2.75, 3.05) is 6.54 Å². The Morgan fingerprint density at radius 3 is 2.76 bits per heavy atom. The third-order valence-electron chi connectivity index (χ3n) is 4.97. The molecule has 25 heavy (non-hydrogen) atoms. The summed E-state index contributed by atoms with van der Waals surface area (Å²) in [5.41, 5.74) is 8.04. The molecule has 0 spiro atoms. The van der Waals surface area contributed by atoms with Crippen LogP contribution in [0.4, 0.5) is 0 Å². The maximum absolute atomic E-state index is 4.77. The lowest BCUT2D eigenvalue weighted by Crippen LogP contribution is -2.31. The van der Waals surface area contributed by atoms with Crippen molar-refractivity contribution in [1.29, 1.82) is 0 Å². The van der Waals surface area contributed by atoms with Crippen LogP contribution in [0, 0.1) is 20.8 Å². The first-order valence-corrected chi connectivity index (χ1v) is 9.58. The van der Waals surface area contributed by atoms with E-state index in [1.165, 1.54) is 21.8 Å². The van der Waals surface area contributed by atoms with Crippen LogP contribution in [0.1, 0.15) is 44.6 Å². The van der Waals surface area contributed by atoms with Gasteiger partial charge in [-0.25, -0.2) is 0 Å². The van der Waals surface area contributed by atoms with E-state index in [4.69, 9.17) is 4.98 Å². The zero-order valence-corrected chi connectivity index (χ0v) is 15.8. The zero-order valence-electron chi connectivity index (χ0n) is 15.0. The Bertz CT molecular complexity index is 882. The molecule has 3 aromatic rings. The highest BCUT2D eigenvalue weighted by molar-refractivity contribution is 7.09. The van der Waals surface area contributed by atoms with E-state index < -0.39 is 0 Å². The molecule has 0 saturated heterocycles. The fraction of sp³-hybridized carbons (Fsp3) is 0.421. The van der Waals surface area contributed by atoms with E-state index in [9.17, 15) is 0 Å². The molecule has 6 heteroatoms. The van der Waals surface area contributed by atoms with Crippen LogP contribution < -0.4 is 0 Å². The maximum atomic E-state index is 4.77. The SMILES string of the molecule is Cc1nc(C)c(CN2CCc3[nH]nc(Cc4cccs4)c3C2)nc1C. The molecule has 3 aromatic heterocycles. The number of hydrogen-bond acceptors (Lipinski definition) is 5. The minimum absolute atomic E-state index is 0.850. The van der Waals surface area contributed by atoms with Crippen molar-refractivity contribution >= 4 is 11.3 Å². The Morgan fingerprint density at radius 2 is 1.96 bits per heavy atom. The summed E-state index contributed by atoms with van der Waals surface area (Å²) in [6.45, 7) is 8.93. The number of nitrogens with one attached hydrogen (secondary N) is 1. The van der Waals surface area contributed by atoms with Crippen LogP contribution in [-0.2, 0) is 25.9 Å². The van der Waals surface area contributed by atoms with Crippen molar-refractivity contribution in [3.8, 4) is 0 Å². The van der Waals surface area contributed by atoms with Crippen LogP contribution in [0.5, 0.6) is 0 Å². The largest absolute Gasteiger partial charge is 0.293 e. The van der Waals surface area contributed by atoms with Gasteiger partial charge in [-0.1, -0.05) is 6.07 Å². The highest BCUT2D eigenvalue weighted by atomic mass is 32.1. The topological polar surface area (TPSA) is 57.7 Å². The van der Waals surface area contributed by atoms with Gasteiger partial charge in [0.25, 0.3) is 0 Å². The van der Waals surface area contributed by atoms with Gasteiger partial charge in [0.05, 0.1) is 28.5 Å². The summed E-state index contributed by atoms with van der Waals surface area (Å²) >= 11 is 1.79. The minimum atomic E-state index is 0.850. The molecule has 1 aliphatic rings. The number of aryl methyl sites for hydroxylation is 3. The van der Waals surface area contributed by atoms with Crippen LogP contribution in [-0.4, -0.2) is 31.6 Å². The van der Waals surface area contributed by atoms with E-state index in [1.807, 2.05) is 13.8 Å². The van der Waals surface area contributed by atoms with Gasteiger partial charge in [-0.05, 0) is 32.2 Å². The quantitative estimate of drug-likeness (QED) is 0.781. The first-order chi connectivity index (χ1) is 12.1. The standard InChI is InChI=1S/C19H23N5S/c1-12-13(2)21-19(14(3)20-12)11-24-7-6-17-16(10-24)18(23-22-17)9-15-5-4-8-25-15/h4-5,8H,6-7,9-11H2,1-3H3,(H,22,23). The molecule has 1 N–H and O–H groups in total. The van der Waals surface area contributed by atoms with Gasteiger partial charge in [-0.2, -0.15) is 5.10 Å². The van der Waals surface area contributed by atoms with Gasteiger partial charge in [0.1, 0.15) is 0 Å². The summed E-state index contributed by atoms with van der Waals surface area (Å²) in [5.74, 6) is 0. The molecule has 0 atom stereocenters. The van der Waals surface area contributed by atoms with Gasteiger partial charge < -0.3 is 0 Å². The summed E-state index contributed by atoms with van der Waals surface area (Å²) in [5, 5.41) is 9.96. The molecule has 0 unspecified atom stereocenters. The number of fused-ring (bicyclic) bond motifs is 1. The number of thiophene rings is 1. The smallest absolute Gasteiger partial charge is 0.0759 e. The average molecular weight is 353 g/mol. The molecule has 5 nitrogen and oxygen atoms in total. The van der Waals surface area contributed by atoms with Crippen molar-refractivity contribution in [3.05, 3.63) is 62.1 Å². The maximum Gasteiger partial charge on any atom is 0.0759 e. The predicted molar refractivity (Wildman–Crippen MR) is 99.8 cm³/mol. The highest BCUT2D eigenvalue weighted by Gasteiger charge is 2.23. The molecule has 0 aliphatic carbocycles. The van der Waals surface area contributed by atoms with Gasteiger partial charge in [0.15, 0.2) is 0 Å². The van der Waals surface area contributed by atoms with Crippen molar-refractivity contribution in [3.63, 3.8) is 0 Å². The number of nitrogens with zero attached hydrogens (tertiary/aromatic N) is 4. The minimum Gasteiger partial charge on any atom is -0.293 e. The lowest BCUT2D eigenvalue weighted by Gasteiger charge is -2.27. The Kier molecular flexibility index (Phi) is 4.39. The number of hydrogen-bond donors (Lipinski definition) is 1. The van der Waals surface area contributed by atoms with E-state index in [-0.39, 0.29) is 0 Å². The summed E-state index contributed by atoms with van der Waals surface area (Å²) in [4.78, 5) is 13.2. The van der Waals surface area contributed by atoms with Crippen LogP contribution in [0.15, 0.2) is 17.5 Å². The van der Waals surface area contributed by atoms with Crippen molar-refractivity contribution in [2.24, 2.45) is 0 Å². The number of aromatic amines is 1. The van der Waals surface area contributed by atoms with Crippen molar-refractivity contribution < 1.29 is 0 Å². The molecule has 0 saturated carbocycles. The van der Waals surface area contributed by atoms with Crippen LogP contribution in [0.2, 0.25) is 0 Å². The second kappa shape index (κ2) is 6.69. The van der Waals surface area contributed by atoms with Gasteiger partial charge in [-0.3, -0.25) is 20.0 Å². The average Bonchev–Trinajstić information content (AvgIpc) is 3.23. The second-order valence-corrected chi connectivity index (χ2v) is 7.80. The molecule has 0 bridgehead atoms. The Hall–Kier alpha value is -2.05. The summed E-state index contributed by atoms with van der Waals surface area (Å²) in [7, 11) is 0. The van der Waals surface area contributed by atoms with E-state index in [2.05, 4.69) is 44.5 Å². The Labute approximate surface area is 152 Å². The molecule has 4 heterocycles. The van der Waals surface area contributed by atoms with Gasteiger partial charge >= 0.3 is 0 Å². The predicted octanol–water partition coefficient (Wildman–Crippen LogP) is 3.34. The molecule has 0 aromatic carbocycles.